The Morgan fingerprint density at radius 2 is 1.89 bits per heavy atom. The maximum Gasteiger partial charge on any atom is 0.320 e. The van der Waals surface area contributed by atoms with Crippen molar-refractivity contribution in [3.8, 4) is 0 Å². The summed E-state index contributed by atoms with van der Waals surface area (Å²) in [5.41, 5.74) is 7.60. The highest BCUT2D eigenvalue weighted by Crippen LogP contribution is 2.23. The van der Waals surface area contributed by atoms with Gasteiger partial charge in [-0.15, -0.1) is 5.10 Å². The van der Waals surface area contributed by atoms with Crippen LogP contribution in [0.4, 0.5) is 17.4 Å². The van der Waals surface area contributed by atoms with Gasteiger partial charge in [0.1, 0.15) is 0 Å². The van der Waals surface area contributed by atoms with Gasteiger partial charge >= 0.3 is 6.01 Å². The molecule has 0 atom stereocenters. The van der Waals surface area contributed by atoms with E-state index in [1.54, 1.807) is 0 Å². The second-order valence-electron chi connectivity index (χ2n) is 4.57. The van der Waals surface area contributed by atoms with Crippen LogP contribution in [0.2, 0.25) is 0 Å². The molecule has 0 saturated carbocycles. The first-order valence-electron chi connectivity index (χ1n) is 6.49. The van der Waals surface area contributed by atoms with E-state index >= 15 is 0 Å². The molecule has 1 aliphatic rings. The number of hydrogen-bond acceptors (Lipinski definition) is 6. The van der Waals surface area contributed by atoms with Crippen LogP contribution >= 0.6 is 0 Å². The van der Waals surface area contributed by atoms with E-state index in [4.69, 9.17) is 10.2 Å². The lowest BCUT2D eigenvalue weighted by Crippen LogP contribution is -2.17. The number of nitrogens with zero attached hydrogens (tertiary/aromatic N) is 3. The Labute approximate surface area is 111 Å². The summed E-state index contributed by atoms with van der Waals surface area (Å²) in [5.74, 6) is 0.427. The van der Waals surface area contributed by atoms with Crippen LogP contribution in [0, 0.1) is 0 Å². The summed E-state index contributed by atoms with van der Waals surface area (Å²) in [4.78, 5) is 2.39. The minimum absolute atomic E-state index is 0.253. The lowest BCUT2D eigenvalue weighted by atomic mass is 10.2. The molecule has 0 aliphatic carbocycles. The highest BCUT2D eigenvalue weighted by atomic mass is 16.4. The maximum absolute atomic E-state index is 5.42. The number of rotatable bonds is 4. The van der Waals surface area contributed by atoms with Crippen molar-refractivity contribution in [3.05, 3.63) is 30.2 Å². The van der Waals surface area contributed by atoms with E-state index in [1.165, 1.54) is 18.5 Å². The van der Waals surface area contributed by atoms with E-state index < -0.39 is 0 Å². The zero-order valence-electron chi connectivity index (χ0n) is 10.7. The van der Waals surface area contributed by atoms with E-state index in [2.05, 4.69) is 32.5 Å². The smallest absolute Gasteiger partial charge is 0.320 e. The zero-order valence-corrected chi connectivity index (χ0v) is 10.7. The SMILES string of the molecule is NCc1nnc(Nc2ccc(N3CCCC3)cc2)o1. The fourth-order valence-electron chi connectivity index (χ4n) is 2.24. The molecule has 3 rings (SSSR count). The number of nitrogens with one attached hydrogen (secondary N) is 1. The normalized spacial score (nSPS) is 14.9. The molecule has 0 amide bonds. The Balaban J connectivity index is 1.68. The van der Waals surface area contributed by atoms with Gasteiger partial charge in [0, 0.05) is 24.5 Å². The molecule has 1 aliphatic heterocycles. The first kappa shape index (κ1) is 12.0. The van der Waals surface area contributed by atoms with Crippen LogP contribution in [0.5, 0.6) is 0 Å². The van der Waals surface area contributed by atoms with Crippen LogP contribution in [0.15, 0.2) is 28.7 Å². The summed E-state index contributed by atoms with van der Waals surface area (Å²) in [5, 5.41) is 10.7. The summed E-state index contributed by atoms with van der Waals surface area (Å²) in [7, 11) is 0. The molecule has 1 saturated heterocycles. The topological polar surface area (TPSA) is 80.2 Å². The van der Waals surface area contributed by atoms with Crippen molar-refractivity contribution >= 4 is 17.4 Å². The van der Waals surface area contributed by atoms with Crippen molar-refractivity contribution in [1.29, 1.82) is 0 Å². The fraction of sp³-hybridized carbons (Fsp3) is 0.385. The molecule has 1 fully saturated rings. The first-order chi connectivity index (χ1) is 9.35. The third-order valence-corrected chi connectivity index (χ3v) is 3.23. The lowest BCUT2D eigenvalue weighted by Gasteiger charge is -2.17. The Bertz CT molecular complexity index is 530. The molecular formula is C13H17N5O. The van der Waals surface area contributed by atoms with Gasteiger partial charge in [0.05, 0.1) is 6.54 Å². The van der Waals surface area contributed by atoms with Gasteiger partial charge < -0.3 is 20.4 Å². The lowest BCUT2D eigenvalue weighted by molar-refractivity contribution is 0.511. The minimum Gasteiger partial charge on any atom is -0.406 e. The quantitative estimate of drug-likeness (QED) is 0.872. The van der Waals surface area contributed by atoms with E-state index in [-0.39, 0.29) is 6.54 Å². The molecular weight excluding hydrogens is 242 g/mol. The number of anilines is 3. The summed E-state index contributed by atoms with van der Waals surface area (Å²) in [6, 6.07) is 8.61. The zero-order chi connectivity index (χ0) is 13.1. The van der Waals surface area contributed by atoms with Gasteiger partial charge in [-0.1, -0.05) is 5.10 Å². The van der Waals surface area contributed by atoms with Gasteiger partial charge in [-0.25, -0.2) is 0 Å². The number of aromatic nitrogens is 2. The largest absolute Gasteiger partial charge is 0.406 e. The molecule has 6 heteroatoms. The summed E-state index contributed by atoms with van der Waals surface area (Å²) in [6.07, 6.45) is 2.56. The Morgan fingerprint density at radius 1 is 1.16 bits per heavy atom. The molecule has 2 heterocycles. The predicted octanol–water partition coefficient (Wildman–Crippen LogP) is 1.87. The van der Waals surface area contributed by atoms with Crippen molar-refractivity contribution in [2.45, 2.75) is 19.4 Å². The minimum atomic E-state index is 0.253. The summed E-state index contributed by atoms with van der Waals surface area (Å²) in [6.45, 7) is 2.55. The first-order valence-corrected chi connectivity index (χ1v) is 6.49. The Hall–Kier alpha value is -2.08. The molecule has 0 radical (unpaired) electrons. The third-order valence-electron chi connectivity index (χ3n) is 3.23. The van der Waals surface area contributed by atoms with Gasteiger partial charge in [0.25, 0.3) is 0 Å². The van der Waals surface area contributed by atoms with Gasteiger partial charge in [-0.3, -0.25) is 0 Å². The van der Waals surface area contributed by atoms with Crippen LogP contribution in [-0.2, 0) is 6.54 Å². The molecule has 100 valence electrons. The van der Waals surface area contributed by atoms with E-state index in [9.17, 15) is 0 Å². The summed E-state index contributed by atoms with van der Waals surface area (Å²) < 4.78 is 5.30. The molecule has 19 heavy (non-hydrogen) atoms. The van der Waals surface area contributed by atoms with Crippen LogP contribution in [0.1, 0.15) is 18.7 Å². The van der Waals surface area contributed by atoms with E-state index in [0.29, 0.717) is 11.9 Å². The van der Waals surface area contributed by atoms with Crippen LogP contribution in [-0.4, -0.2) is 23.3 Å². The molecule has 3 N–H and O–H groups in total. The number of hydrogen-bond donors (Lipinski definition) is 2. The van der Waals surface area contributed by atoms with Gasteiger partial charge in [-0.2, -0.15) is 0 Å². The van der Waals surface area contributed by atoms with Crippen molar-refractivity contribution in [3.63, 3.8) is 0 Å². The molecule has 0 bridgehead atoms. The van der Waals surface area contributed by atoms with Crippen molar-refractivity contribution < 1.29 is 4.42 Å². The molecule has 0 spiro atoms. The van der Waals surface area contributed by atoms with Crippen LogP contribution < -0.4 is 16.0 Å². The summed E-state index contributed by atoms with van der Waals surface area (Å²) >= 11 is 0. The van der Waals surface area contributed by atoms with Crippen molar-refractivity contribution in [2.24, 2.45) is 5.73 Å². The second kappa shape index (κ2) is 5.27. The van der Waals surface area contributed by atoms with Gasteiger partial charge in [0.2, 0.25) is 5.89 Å². The fourth-order valence-corrected chi connectivity index (χ4v) is 2.24. The van der Waals surface area contributed by atoms with Crippen LogP contribution in [0.3, 0.4) is 0 Å². The highest BCUT2D eigenvalue weighted by Gasteiger charge is 2.12. The molecule has 1 aromatic heterocycles. The molecule has 6 nitrogen and oxygen atoms in total. The van der Waals surface area contributed by atoms with Crippen LogP contribution in [0.25, 0.3) is 0 Å². The predicted molar refractivity (Wildman–Crippen MR) is 73.4 cm³/mol. The van der Waals surface area contributed by atoms with Gasteiger partial charge in [0.15, 0.2) is 0 Å². The maximum atomic E-state index is 5.42. The molecule has 1 aromatic carbocycles. The molecule has 2 aromatic rings. The van der Waals surface area contributed by atoms with E-state index in [1.807, 2.05) is 12.1 Å². The average molecular weight is 259 g/mol. The number of nitrogens with two attached hydrogens (primary N) is 1. The van der Waals surface area contributed by atoms with Crippen molar-refractivity contribution in [2.75, 3.05) is 23.3 Å². The second-order valence-corrected chi connectivity index (χ2v) is 4.57. The highest BCUT2D eigenvalue weighted by molar-refractivity contribution is 5.58. The third kappa shape index (κ3) is 2.68. The standard InChI is InChI=1S/C13H17N5O/c14-9-12-16-17-13(19-12)15-10-3-5-11(6-4-10)18-7-1-2-8-18/h3-6H,1-2,7-9,14H2,(H,15,17). The Kier molecular flexibility index (Phi) is 3.33. The Morgan fingerprint density at radius 3 is 2.53 bits per heavy atom. The van der Waals surface area contributed by atoms with Gasteiger partial charge in [-0.05, 0) is 37.1 Å². The molecule has 0 unspecified atom stereocenters. The van der Waals surface area contributed by atoms with Crippen molar-refractivity contribution in [1.82, 2.24) is 10.2 Å². The average Bonchev–Trinajstić information content (AvgIpc) is 3.10. The van der Waals surface area contributed by atoms with E-state index in [0.717, 1.165) is 18.8 Å². The number of benzene rings is 1. The monoisotopic (exact) mass is 259 g/mol.